The van der Waals surface area contributed by atoms with Crippen LogP contribution >= 0.6 is 0 Å². The average Bonchev–Trinajstić information content (AvgIpc) is 1.59. The van der Waals surface area contributed by atoms with Gasteiger partial charge >= 0.3 is 0 Å². The zero-order valence-corrected chi connectivity index (χ0v) is 79.9. The van der Waals surface area contributed by atoms with Crippen molar-refractivity contribution in [2.75, 3.05) is 95.1 Å². The lowest BCUT2D eigenvalue weighted by molar-refractivity contribution is 0.0746. The quantitative estimate of drug-likeness (QED) is 0.0547. The third-order valence-corrected chi connectivity index (χ3v) is 25.5. The first-order valence-electron chi connectivity index (χ1n) is 47.7. The molecular weight excluding hydrogens is 1920 g/mol. The fourth-order valence-corrected chi connectivity index (χ4v) is 17.7. The minimum absolute atomic E-state index is 0.0205. The lowest BCUT2D eigenvalue weighted by Crippen LogP contribution is -2.12. The third-order valence-electron chi connectivity index (χ3n) is 25.5. The standard InChI is InChI=1S/C18H14N2O4.C17H12O5.C17H16O4.C16H12O6.C16H12O5.C16H14O4.C15H12O4/c1-20-14(12-3-5-16-18(7-12)24-10-22-16)8-13(19-20)11-2-4-15-17(6-11)23-9-21-15;18-13(12-3-6-15-17(8-12)22-10-20-15)4-1-11-2-5-14-16(7-11)21-9-19-14;1(2-12-4-6-14-16(8-12)20-10-18-14)3-13-5-7-15-17(9-13)21-11-19-15;17-15(9-1-3-11-13(5-9)21-7-19-11)16(18)10-2-4-12-14(6-10)22-8-20-12;17-12(11-2-4-14-16(7-11)21-9-19-14)5-10-1-3-13-15(6-10)20-8-18-13;1(11-3-5-13-15(7-11)19-9-17-13)2-12-4-6-14-16(8-12)20-10-18-14;1-3-12-14(18-8-16-12)6-10(1)5-11-2-4-13-15(7-11)19-9-17-13/h2-8H,9-10H2,1H3;1-8H,9-10H2;4-9H,1-3,10-11H2;1-6,15,17H,7-8H2;1-4,6-7H,5,8-9H2;3-8H,1-2,9-10H2;1-4,6-7H,5,8-9H2/b;4-1+;;;;;. The molecule has 15 heterocycles. The maximum absolute atomic E-state index is 12.4. The molecule has 34 nitrogen and oxygen atoms in total. The molecule has 14 aliphatic heterocycles. The molecular formula is C115H92N2O32. The summed E-state index contributed by atoms with van der Waals surface area (Å²) in [5.41, 5.74) is 15.0. The van der Waals surface area contributed by atoms with Gasteiger partial charge in [0.05, 0.1) is 11.4 Å². The van der Waals surface area contributed by atoms with Gasteiger partial charge in [-0.15, -0.1) is 0 Å². The largest absolute Gasteiger partial charge is 0.454 e. The molecule has 0 radical (unpaired) electrons. The monoisotopic (exact) mass is 2010 g/mol. The number of allylic oxidation sites excluding steroid dienone is 1. The van der Waals surface area contributed by atoms with Crippen molar-refractivity contribution in [2.24, 2.45) is 7.05 Å². The molecule has 0 spiro atoms. The van der Waals surface area contributed by atoms with Crippen molar-refractivity contribution in [3.63, 3.8) is 0 Å². The second-order valence-electron chi connectivity index (χ2n) is 35.0. The number of Topliss-reactive ketones (excluding diaryl/α,β-unsaturated/α-hetero) is 2. The summed E-state index contributed by atoms with van der Waals surface area (Å²) < 4.78 is 151. The number of aromatic nitrogens is 2. The molecule has 0 saturated heterocycles. The van der Waals surface area contributed by atoms with Crippen LogP contribution in [0, 0.1) is 0 Å². The predicted molar refractivity (Wildman–Crippen MR) is 530 cm³/mol. The summed E-state index contributed by atoms with van der Waals surface area (Å²) in [6, 6.07) is 81.6. The Labute approximate surface area is 851 Å². The minimum Gasteiger partial charge on any atom is -0.454 e. The number of aliphatic hydroxyl groups excluding tert-OH is 1. The number of rotatable bonds is 20. The number of ether oxygens (including phenoxy) is 28. The van der Waals surface area contributed by atoms with Crippen LogP contribution in [0.1, 0.15) is 93.7 Å². The Kier molecular flexibility index (Phi) is 27.0. The van der Waals surface area contributed by atoms with Crippen molar-refractivity contribution in [2.45, 2.75) is 51.0 Å². The second-order valence-corrected chi connectivity index (χ2v) is 35.0. The molecule has 1 atom stereocenters. The number of fused-ring (bicyclic) bond motifs is 14. The fourth-order valence-electron chi connectivity index (χ4n) is 17.7. The number of benzene rings is 14. The highest BCUT2D eigenvalue weighted by Crippen LogP contribution is 2.47. The molecule has 0 aliphatic carbocycles. The number of carbonyl (C=O) groups excluding carboxylic acids is 3. The average molecular weight is 2010 g/mol. The van der Waals surface area contributed by atoms with E-state index in [0.29, 0.717) is 133 Å². The maximum Gasteiger partial charge on any atom is 0.231 e. The first-order valence-corrected chi connectivity index (χ1v) is 47.7. The van der Waals surface area contributed by atoms with Gasteiger partial charge in [-0.2, -0.15) is 5.10 Å². The van der Waals surface area contributed by atoms with E-state index < -0.39 is 11.9 Å². The molecule has 14 aromatic carbocycles. The fraction of sp³-hybridized carbons (Fsp3) is 0.200. The maximum atomic E-state index is 12.4. The molecule has 29 rings (SSSR count). The lowest BCUT2D eigenvalue weighted by Gasteiger charge is -2.11. The molecule has 0 bridgehead atoms. The van der Waals surface area contributed by atoms with Gasteiger partial charge in [0.25, 0.3) is 0 Å². The summed E-state index contributed by atoms with van der Waals surface area (Å²) in [7, 11) is 1.93. The van der Waals surface area contributed by atoms with Crippen LogP contribution in [0.25, 0.3) is 28.6 Å². The zero-order valence-electron chi connectivity index (χ0n) is 79.9. The molecule has 1 N–H and O–H groups in total. The smallest absolute Gasteiger partial charge is 0.231 e. The molecule has 15 aromatic rings. The van der Waals surface area contributed by atoms with Crippen LogP contribution in [0.4, 0.5) is 0 Å². The third kappa shape index (κ3) is 21.7. The van der Waals surface area contributed by atoms with E-state index in [1.165, 1.54) is 39.5 Å². The SMILES string of the molecule is Cn1nc(-c2ccc3c(c2)OCO3)cc1-c1ccc2c(c1)OCO2.O=C(/C=C/c1ccc2c(c1)OCO2)c1ccc2c(c1)OCO2.O=C(Cc1ccc2c(c1)OCO2)c1ccc2c(c1)OCO2.O=C(c1ccc2c(c1)OCO2)C(O)c1ccc2c(c1)OCO2.c1cc2c(cc1CCCc1ccc3c(c1)OCO3)OCO2.c1cc2c(cc1CCc1ccc3c(c1)OCO3)OCO2.c1cc2c(cc1Cc1ccc3c(c1)OCO3)OCO2. The molecule has 14 aliphatic rings. The highest BCUT2D eigenvalue weighted by Gasteiger charge is 2.30. The van der Waals surface area contributed by atoms with Crippen molar-refractivity contribution in [1.82, 2.24) is 9.78 Å². The van der Waals surface area contributed by atoms with Gasteiger partial charge in [0.1, 0.15) is 6.10 Å². The molecule has 34 heteroatoms. The van der Waals surface area contributed by atoms with Crippen LogP contribution < -0.4 is 133 Å². The molecule has 0 fully saturated rings. The van der Waals surface area contributed by atoms with Gasteiger partial charge in [-0.05, 0) is 301 Å². The van der Waals surface area contributed by atoms with Crippen molar-refractivity contribution < 1.29 is 152 Å². The molecule has 149 heavy (non-hydrogen) atoms. The van der Waals surface area contributed by atoms with Crippen molar-refractivity contribution in [1.29, 1.82) is 0 Å². The van der Waals surface area contributed by atoms with E-state index in [-0.39, 0.29) is 65.9 Å². The Balaban J connectivity index is 0.0000000955. The predicted octanol–water partition coefficient (Wildman–Crippen LogP) is 19.9. The van der Waals surface area contributed by atoms with Crippen molar-refractivity contribution in [3.8, 4) is 184 Å². The summed E-state index contributed by atoms with van der Waals surface area (Å²) >= 11 is 0. The number of aliphatic hydroxyl groups is 1. The van der Waals surface area contributed by atoms with E-state index in [2.05, 4.69) is 71.8 Å². The second kappa shape index (κ2) is 42.7. The first kappa shape index (κ1) is 94.0. The van der Waals surface area contributed by atoms with Gasteiger partial charge in [0.2, 0.25) is 95.1 Å². The molecule has 754 valence electrons. The van der Waals surface area contributed by atoms with Crippen LogP contribution in [0.5, 0.6) is 161 Å². The number of hydrogen-bond donors (Lipinski definition) is 1. The summed E-state index contributed by atoms with van der Waals surface area (Å²) in [4.78, 5) is 37.0. The Hall–Kier alpha value is -18.6. The van der Waals surface area contributed by atoms with Crippen molar-refractivity contribution >= 4 is 23.4 Å². The molecule has 1 unspecified atom stereocenters. The number of hydrogen-bond acceptors (Lipinski definition) is 33. The Morgan fingerprint density at radius 3 is 0.953 bits per heavy atom. The first-order chi connectivity index (χ1) is 73.2. The number of aryl methyl sites for hydroxylation is 5. The normalized spacial score (nSPS) is 14.6. The zero-order chi connectivity index (χ0) is 100. The van der Waals surface area contributed by atoms with E-state index in [1.807, 2.05) is 133 Å². The van der Waals surface area contributed by atoms with E-state index in [1.54, 1.807) is 78.9 Å². The van der Waals surface area contributed by atoms with Crippen LogP contribution in [0.15, 0.2) is 267 Å². The highest BCUT2D eigenvalue weighted by molar-refractivity contribution is 6.07. The van der Waals surface area contributed by atoms with Gasteiger partial charge < -0.3 is 138 Å². The topological polar surface area (TPSA) is 348 Å². The molecule has 0 saturated carbocycles. The highest BCUT2D eigenvalue weighted by atomic mass is 16.8. The van der Waals surface area contributed by atoms with Crippen LogP contribution in [0.3, 0.4) is 0 Å². The molecule has 0 amide bonds. The van der Waals surface area contributed by atoms with Gasteiger partial charge in [-0.25, -0.2) is 0 Å². The van der Waals surface area contributed by atoms with Gasteiger partial charge in [0.15, 0.2) is 178 Å². The van der Waals surface area contributed by atoms with Gasteiger partial charge in [-0.3, -0.25) is 19.1 Å². The lowest BCUT2D eigenvalue weighted by atomic mass is 9.99. The summed E-state index contributed by atoms with van der Waals surface area (Å²) in [6.07, 6.45) is 8.14. The molecule has 1 aromatic heterocycles. The van der Waals surface area contributed by atoms with E-state index >= 15 is 0 Å². The minimum atomic E-state index is -1.28. The van der Waals surface area contributed by atoms with E-state index in [4.69, 9.17) is 133 Å². The Morgan fingerprint density at radius 2 is 0.544 bits per heavy atom. The number of carbonyl (C=O) groups is 3. The van der Waals surface area contributed by atoms with Crippen LogP contribution in [-0.4, -0.2) is 127 Å². The van der Waals surface area contributed by atoms with Crippen LogP contribution in [-0.2, 0) is 45.6 Å². The van der Waals surface area contributed by atoms with E-state index in [0.717, 1.165) is 170 Å². The number of nitrogens with zero attached hydrogens (tertiary/aromatic N) is 2. The van der Waals surface area contributed by atoms with Gasteiger partial charge in [0, 0.05) is 41.3 Å². The Bertz CT molecular complexity index is 7480. The number of ketones is 3. The Morgan fingerprint density at radius 1 is 0.268 bits per heavy atom. The summed E-state index contributed by atoms with van der Waals surface area (Å²) in [5.74, 6) is 20.2. The van der Waals surface area contributed by atoms with Crippen LogP contribution in [0.2, 0.25) is 0 Å². The van der Waals surface area contributed by atoms with Gasteiger partial charge in [-0.1, -0.05) is 60.7 Å². The summed E-state index contributed by atoms with van der Waals surface area (Å²) in [5, 5.41) is 14.9. The van der Waals surface area contributed by atoms with E-state index in [9.17, 15) is 19.5 Å². The van der Waals surface area contributed by atoms with Crippen molar-refractivity contribution in [3.05, 3.63) is 334 Å². The summed E-state index contributed by atoms with van der Waals surface area (Å²) in [6.45, 7) is 3.60.